The number of thiophene rings is 1. The molecule has 18 heavy (non-hydrogen) atoms. The van der Waals surface area contributed by atoms with E-state index in [0.29, 0.717) is 18.0 Å². The molecular weight excluding hydrogens is 288 g/mol. The summed E-state index contributed by atoms with van der Waals surface area (Å²) in [4.78, 5) is 1.21. The molecule has 1 aliphatic rings. The third-order valence-corrected chi connectivity index (χ3v) is 7.39. The fourth-order valence-electron chi connectivity index (χ4n) is 2.07. The zero-order valence-corrected chi connectivity index (χ0v) is 12.8. The number of rotatable bonds is 3. The van der Waals surface area contributed by atoms with Crippen LogP contribution in [0.1, 0.15) is 16.9 Å². The summed E-state index contributed by atoms with van der Waals surface area (Å²) in [5.41, 5.74) is 6.46. The lowest BCUT2D eigenvalue weighted by Gasteiger charge is -2.20. The summed E-state index contributed by atoms with van der Waals surface area (Å²) >= 11 is 3.26. The van der Waals surface area contributed by atoms with Gasteiger partial charge in [0, 0.05) is 30.3 Å². The van der Waals surface area contributed by atoms with Crippen LogP contribution in [0.2, 0.25) is 0 Å². The molecule has 0 aromatic carbocycles. The van der Waals surface area contributed by atoms with E-state index < -0.39 is 10.0 Å². The van der Waals surface area contributed by atoms with Gasteiger partial charge in [0.25, 0.3) is 0 Å². The van der Waals surface area contributed by atoms with E-state index >= 15 is 0 Å². The Labute approximate surface area is 117 Å². The average Bonchev–Trinajstić information content (AvgIpc) is 2.56. The second kappa shape index (κ2) is 5.92. The Bertz CT molecular complexity index is 502. The van der Waals surface area contributed by atoms with Crippen molar-refractivity contribution in [3.05, 3.63) is 15.8 Å². The van der Waals surface area contributed by atoms with E-state index in [9.17, 15) is 8.42 Å². The van der Waals surface area contributed by atoms with E-state index in [0.717, 1.165) is 28.4 Å². The number of nitrogens with two attached hydrogens (primary N) is 1. The molecule has 102 valence electrons. The first-order chi connectivity index (χ1) is 8.57. The predicted octanol–water partition coefficient (Wildman–Crippen LogP) is 1.64. The van der Waals surface area contributed by atoms with Crippen LogP contribution in [-0.4, -0.2) is 37.3 Å². The van der Waals surface area contributed by atoms with E-state index in [1.165, 1.54) is 11.3 Å². The zero-order chi connectivity index (χ0) is 13.2. The van der Waals surface area contributed by atoms with Gasteiger partial charge in [0.05, 0.1) is 0 Å². The first-order valence-electron chi connectivity index (χ1n) is 5.92. The van der Waals surface area contributed by atoms with Crippen molar-refractivity contribution in [1.29, 1.82) is 0 Å². The SMILES string of the molecule is Cc1csc(CN)c1S(=O)(=O)N1CCCSCC1. The molecule has 1 aromatic rings. The van der Waals surface area contributed by atoms with Crippen LogP contribution in [0.3, 0.4) is 0 Å². The summed E-state index contributed by atoms with van der Waals surface area (Å²) in [5.74, 6) is 1.92. The summed E-state index contributed by atoms with van der Waals surface area (Å²) in [5, 5.41) is 1.88. The molecule has 1 fully saturated rings. The van der Waals surface area contributed by atoms with Crippen molar-refractivity contribution in [3.8, 4) is 0 Å². The van der Waals surface area contributed by atoms with Crippen molar-refractivity contribution in [2.45, 2.75) is 24.8 Å². The molecule has 0 radical (unpaired) electrons. The van der Waals surface area contributed by atoms with Crippen molar-refractivity contribution in [2.75, 3.05) is 24.6 Å². The minimum Gasteiger partial charge on any atom is -0.326 e. The fourth-order valence-corrected chi connectivity index (χ4v) is 6.20. The molecule has 2 N–H and O–H groups in total. The maximum atomic E-state index is 12.7. The molecular formula is C11H18N2O2S3. The number of nitrogens with zero attached hydrogens (tertiary/aromatic N) is 1. The average molecular weight is 306 g/mol. The van der Waals surface area contributed by atoms with Crippen molar-refractivity contribution in [1.82, 2.24) is 4.31 Å². The third-order valence-electron chi connectivity index (χ3n) is 2.95. The third kappa shape index (κ3) is 2.75. The summed E-state index contributed by atoms with van der Waals surface area (Å²) in [6, 6.07) is 0. The quantitative estimate of drug-likeness (QED) is 0.922. The summed E-state index contributed by atoms with van der Waals surface area (Å²) in [6.07, 6.45) is 0.922. The van der Waals surface area contributed by atoms with Crippen molar-refractivity contribution >= 4 is 33.1 Å². The van der Waals surface area contributed by atoms with Crippen LogP contribution in [-0.2, 0) is 16.6 Å². The summed E-state index contributed by atoms with van der Waals surface area (Å²) in [6.45, 7) is 3.35. The first-order valence-corrected chi connectivity index (χ1v) is 9.39. The highest BCUT2D eigenvalue weighted by atomic mass is 32.2. The summed E-state index contributed by atoms with van der Waals surface area (Å²) in [7, 11) is -3.37. The zero-order valence-electron chi connectivity index (χ0n) is 10.4. The molecule has 4 nitrogen and oxygen atoms in total. The molecule has 0 saturated carbocycles. The van der Waals surface area contributed by atoms with Gasteiger partial charge in [-0.2, -0.15) is 16.1 Å². The molecule has 0 amide bonds. The maximum absolute atomic E-state index is 12.7. The second-order valence-electron chi connectivity index (χ2n) is 4.25. The van der Waals surface area contributed by atoms with Gasteiger partial charge < -0.3 is 5.73 Å². The van der Waals surface area contributed by atoms with Gasteiger partial charge in [0.15, 0.2) is 0 Å². The number of thioether (sulfide) groups is 1. The highest BCUT2D eigenvalue weighted by Gasteiger charge is 2.29. The first kappa shape index (κ1) is 14.3. The van der Waals surface area contributed by atoms with Crippen molar-refractivity contribution in [2.24, 2.45) is 5.73 Å². The Kier molecular flexibility index (Phi) is 4.71. The normalized spacial score (nSPS) is 18.8. The standard InChI is InChI=1S/C11H18N2O2S3/c1-9-8-17-10(7-12)11(9)18(14,15)13-3-2-5-16-6-4-13/h8H,2-7,12H2,1H3. The molecule has 7 heteroatoms. The Morgan fingerprint density at radius 3 is 2.89 bits per heavy atom. The number of aryl methyl sites for hydroxylation is 1. The highest BCUT2D eigenvalue weighted by molar-refractivity contribution is 7.99. The van der Waals surface area contributed by atoms with Crippen LogP contribution in [0.25, 0.3) is 0 Å². The Morgan fingerprint density at radius 2 is 2.17 bits per heavy atom. The van der Waals surface area contributed by atoms with Crippen LogP contribution in [0.5, 0.6) is 0 Å². The molecule has 1 saturated heterocycles. The van der Waals surface area contributed by atoms with Crippen molar-refractivity contribution in [3.63, 3.8) is 0 Å². The highest BCUT2D eigenvalue weighted by Crippen LogP contribution is 2.30. The molecule has 2 heterocycles. The Hall–Kier alpha value is -0.0800. The largest absolute Gasteiger partial charge is 0.326 e. The van der Waals surface area contributed by atoms with Crippen LogP contribution < -0.4 is 5.73 Å². The molecule has 1 aromatic heterocycles. The van der Waals surface area contributed by atoms with Crippen molar-refractivity contribution < 1.29 is 8.42 Å². The van der Waals surface area contributed by atoms with E-state index in [-0.39, 0.29) is 6.54 Å². The Morgan fingerprint density at radius 1 is 1.39 bits per heavy atom. The molecule has 0 bridgehead atoms. The molecule has 0 spiro atoms. The Balaban J connectivity index is 2.37. The van der Waals surface area contributed by atoms with Gasteiger partial charge in [-0.1, -0.05) is 0 Å². The fraction of sp³-hybridized carbons (Fsp3) is 0.636. The number of sulfonamides is 1. The van der Waals surface area contributed by atoms with Gasteiger partial charge in [-0.3, -0.25) is 0 Å². The van der Waals surface area contributed by atoms with Gasteiger partial charge in [-0.05, 0) is 30.0 Å². The lowest BCUT2D eigenvalue weighted by atomic mass is 10.3. The predicted molar refractivity (Wildman–Crippen MR) is 77.6 cm³/mol. The van der Waals surface area contributed by atoms with E-state index in [1.807, 2.05) is 24.1 Å². The lowest BCUT2D eigenvalue weighted by molar-refractivity contribution is 0.434. The topological polar surface area (TPSA) is 63.4 Å². The van der Waals surface area contributed by atoms with E-state index in [2.05, 4.69) is 0 Å². The second-order valence-corrected chi connectivity index (χ2v) is 8.31. The van der Waals surface area contributed by atoms with Crippen LogP contribution in [0.4, 0.5) is 0 Å². The van der Waals surface area contributed by atoms with E-state index in [4.69, 9.17) is 5.73 Å². The van der Waals surface area contributed by atoms with Gasteiger partial charge in [0.1, 0.15) is 4.90 Å². The van der Waals surface area contributed by atoms with Crippen LogP contribution >= 0.6 is 23.1 Å². The monoisotopic (exact) mass is 306 g/mol. The minimum atomic E-state index is -3.37. The molecule has 0 unspecified atom stereocenters. The lowest BCUT2D eigenvalue weighted by Crippen LogP contribution is -2.33. The molecule has 0 atom stereocenters. The molecule has 2 rings (SSSR count). The van der Waals surface area contributed by atoms with E-state index in [1.54, 1.807) is 4.31 Å². The molecule has 1 aliphatic heterocycles. The van der Waals surface area contributed by atoms with Crippen LogP contribution in [0.15, 0.2) is 10.3 Å². The minimum absolute atomic E-state index is 0.287. The van der Waals surface area contributed by atoms with Gasteiger partial charge in [0.2, 0.25) is 10.0 Å². The summed E-state index contributed by atoms with van der Waals surface area (Å²) < 4.78 is 27.0. The van der Waals surface area contributed by atoms with Gasteiger partial charge >= 0.3 is 0 Å². The van der Waals surface area contributed by atoms with Crippen LogP contribution in [0, 0.1) is 6.92 Å². The smallest absolute Gasteiger partial charge is 0.244 e. The van der Waals surface area contributed by atoms with Gasteiger partial charge in [-0.15, -0.1) is 11.3 Å². The maximum Gasteiger partial charge on any atom is 0.244 e. The number of hydrogen-bond acceptors (Lipinski definition) is 5. The molecule has 0 aliphatic carbocycles. The van der Waals surface area contributed by atoms with Gasteiger partial charge in [-0.25, -0.2) is 8.42 Å². The number of hydrogen-bond donors (Lipinski definition) is 1.